The molecule has 0 aromatic carbocycles. The monoisotopic (exact) mass is 312 g/mol. The van der Waals surface area contributed by atoms with Crippen LogP contribution in [0.25, 0.3) is 0 Å². The van der Waals surface area contributed by atoms with Crippen LogP contribution in [0.4, 0.5) is 5.82 Å². The minimum atomic E-state index is -0.152. The molecule has 1 aromatic heterocycles. The largest absolute Gasteiger partial charge is 0.352 e. The molecule has 7 nitrogen and oxygen atoms in total. The Hall–Kier alpha value is -2.33. The second kappa shape index (κ2) is 5.70. The van der Waals surface area contributed by atoms with Crippen molar-refractivity contribution in [1.29, 1.82) is 5.26 Å². The average Bonchev–Trinajstić information content (AvgIpc) is 2.56. The van der Waals surface area contributed by atoms with Gasteiger partial charge in [-0.3, -0.25) is 9.69 Å². The van der Waals surface area contributed by atoms with Crippen LogP contribution in [0.5, 0.6) is 0 Å². The first kappa shape index (κ1) is 14.3. The first-order chi connectivity index (χ1) is 11.3. The standard InChI is InChI=1S/C16H20N6O/c17-12-19-5-6-20-7-8-22(16(23)14(20)11-19)13-9-21(10-13)15-3-1-2-4-18-15/h1-4,13-14H,5-11H2/t14-/m1/s1. The van der Waals surface area contributed by atoms with Crippen LogP contribution in [0.15, 0.2) is 24.4 Å². The van der Waals surface area contributed by atoms with Gasteiger partial charge in [-0.15, -0.1) is 0 Å². The molecule has 3 aliphatic heterocycles. The van der Waals surface area contributed by atoms with Crippen molar-refractivity contribution < 1.29 is 4.79 Å². The van der Waals surface area contributed by atoms with Gasteiger partial charge < -0.3 is 14.7 Å². The van der Waals surface area contributed by atoms with Crippen molar-refractivity contribution in [2.45, 2.75) is 12.1 Å². The molecular weight excluding hydrogens is 292 g/mol. The Morgan fingerprint density at radius 3 is 2.70 bits per heavy atom. The molecule has 23 heavy (non-hydrogen) atoms. The molecule has 0 unspecified atom stereocenters. The van der Waals surface area contributed by atoms with E-state index in [4.69, 9.17) is 5.26 Å². The lowest BCUT2D eigenvalue weighted by atomic mass is 10.0. The van der Waals surface area contributed by atoms with Gasteiger partial charge in [0, 0.05) is 45.5 Å². The summed E-state index contributed by atoms with van der Waals surface area (Å²) in [7, 11) is 0. The Balaban J connectivity index is 1.39. The number of carbonyl (C=O) groups is 1. The summed E-state index contributed by atoms with van der Waals surface area (Å²) in [4.78, 5) is 25.3. The van der Waals surface area contributed by atoms with Crippen molar-refractivity contribution in [3.8, 4) is 6.19 Å². The van der Waals surface area contributed by atoms with E-state index in [1.54, 1.807) is 11.1 Å². The molecular formula is C16H20N6O. The van der Waals surface area contributed by atoms with Crippen molar-refractivity contribution in [2.75, 3.05) is 50.7 Å². The van der Waals surface area contributed by atoms with Gasteiger partial charge in [-0.1, -0.05) is 6.07 Å². The number of hydrogen-bond acceptors (Lipinski definition) is 6. The summed E-state index contributed by atoms with van der Waals surface area (Å²) in [6.07, 6.45) is 3.97. The molecule has 3 fully saturated rings. The molecule has 0 spiro atoms. The number of carbonyl (C=O) groups excluding carboxylic acids is 1. The molecule has 0 aliphatic carbocycles. The lowest BCUT2D eigenvalue weighted by Crippen LogP contribution is -2.70. The zero-order valence-corrected chi connectivity index (χ0v) is 13.0. The topological polar surface area (TPSA) is 66.7 Å². The van der Waals surface area contributed by atoms with E-state index in [2.05, 4.69) is 21.0 Å². The highest BCUT2D eigenvalue weighted by molar-refractivity contribution is 5.84. The second-order valence-corrected chi connectivity index (χ2v) is 6.38. The van der Waals surface area contributed by atoms with Gasteiger partial charge in [0.15, 0.2) is 6.19 Å². The van der Waals surface area contributed by atoms with Crippen LogP contribution in [0, 0.1) is 11.5 Å². The molecule has 4 rings (SSSR count). The van der Waals surface area contributed by atoms with Crippen molar-refractivity contribution in [3.05, 3.63) is 24.4 Å². The van der Waals surface area contributed by atoms with Crippen molar-refractivity contribution in [1.82, 2.24) is 19.7 Å². The molecule has 3 aliphatic rings. The zero-order chi connectivity index (χ0) is 15.8. The molecule has 1 aromatic rings. The van der Waals surface area contributed by atoms with Gasteiger partial charge in [-0.25, -0.2) is 4.98 Å². The molecule has 1 amide bonds. The third-order valence-corrected chi connectivity index (χ3v) is 5.11. The maximum atomic E-state index is 12.8. The predicted molar refractivity (Wildman–Crippen MR) is 84.5 cm³/mol. The summed E-state index contributed by atoms with van der Waals surface area (Å²) in [6, 6.07) is 6.01. The summed E-state index contributed by atoms with van der Waals surface area (Å²) < 4.78 is 0. The van der Waals surface area contributed by atoms with Crippen LogP contribution < -0.4 is 4.90 Å². The molecule has 0 radical (unpaired) electrons. The van der Waals surface area contributed by atoms with Gasteiger partial charge >= 0.3 is 0 Å². The predicted octanol–water partition coefficient (Wildman–Crippen LogP) is -0.420. The van der Waals surface area contributed by atoms with Crippen molar-refractivity contribution in [2.24, 2.45) is 0 Å². The molecule has 4 heterocycles. The number of nitrogens with zero attached hydrogens (tertiary/aromatic N) is 6. The fourth-order valence-corrected chi connectivity index (χ4v) is 3.69. The Bertz CT molecular complexity index is 623. The number of nitriles is 1. The van der Waals surface area contributed by atoms with Gasteiger partial charge in [0.2, 0.25) is 5.91 Å². The zero-order valence-electron chi connectivity index (χ0n) is 13.0. The lowest BCUT2D eigenvalue weighted by molar-refractivity contribution is -0.147. The van der Waals surface area contributed by atoms with Crippen LogP contribution in [-0.2, 0) is 4.79 Å². The smallest absolute Gasteiger partial charge is 0.242 e. The fourth-order valence-electron chi connectivity index (χ4n) is 3.69. The van der Waals surface area contributed by atoms with Crippen molar-refractivity contribution in [3.63, 3.8) is 0 Å². The van der Waals surface area contributed by atoms with Crippen LogP contribution in [0.3, 0.4) is 0 Å². The van der Waals surface area contributed by atoms with Crippen molar-refractivity contribution >= 4 is 11.7 Å². The van der Waals surface area contributed by atoms with Gasteiger partial charge in [-0.05, 0) is 12.1 Å². The highest BCUT2D eigenvalue weighted by atomic mass is 16.2. The van der Waals surface area contributed by atoms with E-state index in [0.29, 0.717) is 6.54 Å². The summed E-state index contributed by atoms with van der Waals surface area (Å²) in [5, 5.41) is 9.08. The van der Waals surface area contributed by atoms with E-state index in [1.165, 1.54) is 0 Å². The van der Waals surface area contributed by atoms with Crippen LogP contribution >= 0.6 is 0 Å². The van der Waals surface area contributed by atoms with E-state index in [0.717, 1.165) is 45.1 Å². The van der Waals surface area contributed by atoms with Gasteiger partial charge in [0.05, 0.1) is 12.6 Å². The summed E-state index contributed by atoms with van der Waals surface area (Å²) in [5.74, 6) is 1.16. The summed E-state index contributed by atoms with van der Waals surface area (Å²) in [6.45, 7) is 5.47. The minimum absolute atomic E-state index is 0.152. The number of aromatic nitrogens is 1. The number of piperazine rings is 2. The fraction of sp³-hybridized carbons (Fsp3) is 0.562. The Labute approximate surface area is 135 Å². The van der Waals surface area contributed by atoms with Gasteiger partial charge in [0.25, 0.3) is 0 Å². The highest BCUT2D eigenvalue weighted by Gasteiger charge is 2.43. The van der Waals surface area contributed by atoms with Gasteiger partial charge in [0.1, 0.15) is 11.9 Å². The third-order valence-electron chi connectivity index (χ3n) is 5.11. The number of fused-ring (bicyclic) bond motifs is 1. The molecule has 120 valence electrons. The van der Waals surface area contributed by atoms with Crippen LogP contribution in [-0.4, -0.2) is 83.5 Å². The molecule has 0 bridgehead atoms. The van der Waals surface area contributed by atoms with E-state index < -0.39 is 0 Å². The number of hydrogen-bond donors (Lipinski definition) is 0. The Morgan fingerprint density at radius 1 is 1.13 bits per heavy atom. The van der Waals surface area contributed by atoms with Gasteiger partial charge in [-0.2, -0.15) is 5.26 Å². The van der Waals surface area contributed by atoms with Crippen LogP contribution in [0.2, 0.25) is 0 Å². The Kier molecular flexibility index (Phi) is 3.54. The maximum Gasteiger partial charge on any atom is 0.242 e. The lowest BCUT2D eigenvalue weighted by Gasteiger charge is -2.51. The van der Waals surface area contributed by atoms with E-state index in [9.17, 15) is 4.79 Å². The number of pyridine rings is 1. The second-order valence-electron chi connectivity index (χ2n) is 6.38. The first-order valence-electron chi connectivity index (χ1n) is 8.11. The quantitative estimate of drug-likeness (QED) is 0.691. The molecule has 3 saturated heterocycles. The molecule has 7 heteroatoms. The summed E-state index contributed by atoms with van der Waals surface area (Å²) >= 11 is 0. The summed E-state index contributed by atoms with van der Waals surface area (Å²) in [5.41, 5.74) is 0. The Morgan fingerprint density at radius 2 is 1.96 bits per heavy atom. The normalized spacial score (nSPS) is 25.8. The minimum Gasteiger partial charge on any atom is -0.352 e. The van der Waals surface area contributed by atoms with Crippen LogP contribution in [0.1, 0.15) is 0 Å². The number of anilines is 1. The van der Waals surface area contributed by atoms with E-state index >= 15 is 0 Å². The average molecular weight is 312 g/mol. The SMILES string of the molecule is N#CN1CCN2CCN(C3CN(c4ccccn4)C3)C(=O)[C@H]2C1. The molecule has 1 atom stereocenters. The van der Waals surface area contributed by atoms with E-state index in [-0.39, 0.29) is 18.0 Å². The van der Waals surface area contributed by atoms with E-state index in [1.807, 2.05) is 23.1 Å². The highest BCUT2D eigenvalue weighted by Crippen LogP contribution is 2.25. The molecule has 0 saturated carbocycles. The molecule has 0 N–H and O–H groups in total. The first-order valence-corrected chi connectivity index (χ1v) is 8.11. The third kappa shape index (κ3) is 2.49. The number of rotatable bonds is 2. The maximum absolute atomic E-state index is 12.8. The number of amides is 1.